The molecule has 8 nitrogen and oxygen atoms in total. The van der Waals surface area contributed by atoms with Gasteiger partial charge in [-0.05, 0) is 60.5 Å². The first-order valence-electron chi connectivity index (χ1n) is 11.0. The highest BCUT2D eigenvalue weighted by molar-refractivity contribution is 6.06. The van der Waals surface area contributed by atoms with Crippen LogP contribution in [0.4, 0.5) is 5.82 Å². The second-order valence-corrected chi connectivity index (χ2v) is 7.87. The van der Waals surface area contributed by atoms with Crippen LogP contribution in [0.5, 0.6) is 23.0 Å². The molecule has 4 aromatic rings. The maximum absolute atomic E-state index is 13.2. The van der Waals surface area contributed by atoms with Crippen LogP contribution in [0.2, 0.25) is 0 Å². The number of carbonyl (C=O) groups excluding carboxylic acids is 1. The lowest BCUT2D eigenvalue weighted by Gasteiger charge is -2.18. The van der Waals surface area contributed by atoms with Crippen LogP contribution in [0.15, 0.2) is 60.8 Å². The van der Waals surface area contributed by atoms with Crippen molar-refractivity contribution in [2.45, 2.75) is 20.0 Å². The van der Waals surface area contributed by atoms with Crippen molar-refractivity contribution in [1.82, 2.24) is 9.38 Å². The number of benzene rings is 2. The van der Waals surface area contributed by atoms with E-state index in [1.54, 1.807) is 43.3 Å². The maximum atomic E-state index is 13.2. The Bertz CT molecular complexity index is 1350. The molecule has 34 heavy (non-hydrogen) atoms. The molecule has 1 amide bonds. The third-order valence-electron chi connectivity index (χ3n) is 5.78. The monoisotopic (exact) mass is 459 g/mol. The van der Waals surface area contributed by atoms with Crippen LogP contribution in [0, 0.1) is 0 Å². The summed E-state index contributed by atoms with van der Waals surface area (Å²) in [6, 6.07) is 16.6. The number of methoxy groups -OCH3 is 1. The van der Waals surface area contributed by atoms with Crippen molar-refractivity contribution >= 4 is 17.4 Å². The number of anilines is 1. The highest BCUT2D eigenvalue weighted by atomic mass is 16.7. The normalized spacial score (nSPS) is 12.1. The number of pyridine rings is 1. The molecule has 0 spiro atoms. The Kier molecular flexibility index (Phi) is 5.71. The van der Waals surface area contributed by atoms with Gasteiger partial charge in [0.25, 0.3) is 5.91 Å². The van der Waals surface area contributed by atoms with Crippen LogP contribution in [-0.4, -0.2) is 36.2 Å². The number of amides is 1. The molecule has 2 aromatic heterocycles. The van der Waals surface area contributed by atoms with E-state index < -0.39 is 0 Å². The molecule has 0 bridgehead atoms. The zero-order chi connectivity index (χ0) is 23.7. The van der Waals surface area contributed by atoms with Crippen LogP contribution in [0.1, 0.15) is 28.5 Å². The fourth-order valence-electron chi connectivity index (χ4n) is 4.00. The Balaban J connectivity index is 1.43. The Labute approximate surface area is 197 Å². The predicted octanol–water partition coefficient (Wildman–Crippen LogP) is 4.49. The summed E-state index contributed by atoms with van der Waals surface area (Å²) in [5.41, 5.74) is 2.99. The van der Waals surface area contributed by atoms with Crippen LogP contribution < -0.4 is 23.8 Å². The molecule has 1 aliphatic rings. The van der Waals surface area contributed by atoms with E-state index >= 15 is 0 Å². The average molecular weight is 460 g/mol. The predicted molar refractivity (Wildman–Crippen MR) is 127 cm³/mol. The van der Waals surface area contributed by atoms with E-state index in [0.29, 0.717) is 47.3 Å². The second kappa shape index (κ2) is 8.97. The first-order chi connectivity index (χ1) is 16.6. The van der Waals surface area contributed by atoms with E-state index in [4.69, 9.17) is 23.9 Å². The van der Waals surface area contributed by atoms with Gasteiger partial charge in [-0.1, -0.05) is 13.0 Å². The van der Waals surface area contributed by atoms with E-state index in [-0.39, 0.29) is 12.7 Å². The van der Waals surface area contributed by atoms with E-state index in [1.165, 1.54) is 0 Å². The Morgan fingerprint density at radius 1 is 1.12 bits per heavy atom. The molecule has 0 radical (unpaired) electrons. The Morgan fingerprint density at radius 3 is 2.68 bits per heavy atom. The quantitative estimate of drug-likeness (QED) is 0.405. The summed E-state index contributed by atoms with van der Waals surface area (Å²) in [5, 5.41) is 0. The second-order valence-electron chi connectivity index (χ2n) is 7.87. The maximum Gasteiger partial charge on any atom is 0.259 e. The van der Waals surface area contributed by atoms with Crippen LogP contribution in [0.3, 0.4) is 0 Å². The van der Waals surface area contributed by atoms with E-state index in [0.717, 1.165) is 17.0 Å². The zero-order valence-electron chi connectivity index (χ0n) is 19.3. The highest BCUT2D eigenvalue weighted by Crippen LogP contribution is 2.33. The average Bonchev–Trinajstić information content (AvgIpc) is 3.50. The van der Waals surface area contributed by atoms with Crippen molar-refractivity contribution in [3.8, 4) is 23.0 Å². The fourth-order valence-corrected chi connectivity index (χ4v) is 4.00. The number of hydrogen-bond acceptors (Lipinski definition) is 6. The van der Waals surface area contributed by atoms with Crippen LogP contribution in [0.25, 0.3) is 5.65 Å². The molecule has 0 saturated heterocycles. The number of fused-ring (bicyclic) bond motifs is 2. The number of imidazole rings is 1. The van der Waals surface area contributed by atoms with Gasteiger partial charge in [-0.25, -0.2) is 4.98 Å². The van der Waals surface area contributed by atoms with Gasteiger partial charge in [0.1, 0.15) is 18.2 Å². The zero-order valence-corrected chi connectivity index (χ0v) is 19.3. The van der Waals surface area contributed by atoms with Gasteiger partial charge < -0.3 is 18.9 Å². The number of ether oxygens (including phenoxy) is 4. The number of aryl methyl sites for hydroxylation is 1. The lowest BCUT2D eigenvalue weighted by molar-refractivity contribution is 0.0992. The molecule has 1 aliphatic heterocycles. The Hall–Kier alpha value is -4.20. The minimum atomic E-state index is -0.133. The molecule has 8 heteroatoms. The third-order valence-corrected chi connectivity index (χ3v) is 5.78. The van der Waals surface area contributed by atoms with Crippen molar-refractivity contribution in [3.05, 3.63) is 77.6 Å². The number of nitrogens with zero attached hydrogens (tertiary/aromatic N) is 3. The van der Waals surface area contributed by atoms with Crippen molar-refractivity contribution < 1.29 is 23.7 Å². The van der Waals surface area contributed by atoms with Crippen molar-refractivity contribution in [2.75, 3.05) is 25.9 Å². The highest BCUT2D eigenvalue weighted by Gasteiger charge is 2.23. The van der Waals surface area contributed by atoms with Gasteiger partial charge in [-0.2, -0.15) is 0 Å². The SMILES string of the molecule is CCc1nc2c(OCc3ccc4c(c3)OCO4)cccn2c1N(C)C(=O)c1ccc(OC)cc1. The topological polar surface area (TPSA) is 74.5 Å². The lowest BCUT2D eigenvalue weighted by Crippen LogP contribution is -2.28. The fraction of sp³-hybridized carbons (Fsp3) is 0.231. The van der Waals surface area contributed by atoms with Gasteiger partial charge in [-0.15, -0.1) is 0 Å². The molecular formula is C26H25N3O5. The Morgan fingerprint density at radius 2 is 1.91 bits per heavy atom. The third kappa shape index (κ3) is 3.87. The van der Waals surface area contributed by atoms with Crippen molar-refractivity contribution in [1.29, 1.82) is 0 Å². The van der Waals surface area contributed by atoms with E-state index in [1.807, 2.05) is 47.9 Å². The molecule has 5 rings (SSSR count). The van der Waals surface area contributed by atoms with Gasteiger partial charge >= 0.3 is 0 Å². The molecule has 174 valence electrons. The van der Waals surface area contributed by atoms with Gasteiger partial charge in [0.2, 0.25) is 6.79 Å². The summed E-state index contributed by atoms with van der Waals surface area (Å²) in [7, 11) is 3.36. The van der Waals surface area contributed by atoms with Gasteiger partial charge in [-0.3, -0.25) is 14.1 Å². The van der Waals surface area contributed by atoms with Gasteiger partial charge in [0, 0.05) is 18.8 Å². The van der Waals surface area contributed by atoms with E-state index in [9.17, 15) is 4.79 Å². The summed E-state index contributed by atoms with van der Waals surface area (Å²) >= 11 is 0. The summed E-state index contributed by atoms with van der Waals surface area (Å²) < 4.78 is 24.1. The number of carbonyl (C=O) groups is 1. The van der Waals surface area contributed by atoms with Gasteiger partial charge in [0.15, 0.2) is 22.9 Å². The minimum Gasteiger partial charge on any atom is -0.497 e. The first-order valence-corrected chi connectivity index (χ1v) is 11.0. The van der Waals surface area contributed by atoms with Crippen molar-refractivity contribution in [3.63, 3.8) is 0 Å². The summed E-state index contributed by atoms with van der Waals surface area (Å²) in [5.74, 6) is 3.37. The molecule has 0 N–H and O–H groups in total. The first kappa shape index (κ1) is 21.6. The van der Waals surface area contributed by atoms with Gasteiger partial charge in [0.05, 0.1) is 12.8 Å². The molecular weight excluding hydrogens is 434 g/mol. The minimum absolute atomic E-state index is 0.133. The standard InChI is InChI=1S/C26H25N3O5/c1-4-20-25(28(2)26(30)18-8-10-19(31-3)11-9-18)29-13-5-6-22(24(29)27-20)32-15-17-7-12-21-23(14-17)34-16-33-21/h5-14H,4,15-16H2,1-3H3. The smallest absolute Gasteiger partial charge is 0.259 e. The summed E-state index contributed by atoms with van der Waals surface area (Å²) in [4.78, 5) is 19.7. The molecule has 0 fully saturated rings. The van der Waals surface area contributed by atoms with E-state index in [2.05, 4.69) is 0 Å². The molecule has 0 saturated carbocycles. The number of hydrogen-bond donors (Lipinski definition) is 0. The number of rotatable bonds is 7. The van der Waals surface area contributed by atoms with Crippen molar-refractivity contribution in [2.24, 2.45) is 0 Å². The molecule has 2 aromatic carbocycles. The molecule has 3 heterocycles. The largest absolute Gasteiger partial charge is 0.497 e. The molecule has 0 aliphatic carbocycles. The van der Waals surface area contributed by atoms with Crippen LogP contribution in [-0.2, 0) is 13.0 Å². The lowest BCUT2D eigenvalue weighted by atomic mass is 10.2. The van der Waals surface area contributed by atoms with Crippen LogP contribution >= 0.6 is 0 Å². The molecule has 0 atom stereocenters. The summed E-state index contributed by atoms with van der Waals surface area (Å²) in [6.07, 6.45) is 2.56. The number of aromatic nitrogens is 2. The summed E-state index contributed by atoms with van der Waals surface area (Å²) in [6.45, 7) is 2.60. The molecule has 0 unspecified atom stereocenters.